The van der Waals surface area contributed by atoms with Gasteiger partial charge < -0.3 is 10.6 Å². The van der Waals surface area contributed by atoms with Crippen LogP contribution >= 0.6 is 0 Å². The van der Waals surface area contributed by atoms with E-state index in [9.17, 15) is 0 Å². The Kier molecular flexibility index (Phi) is 4.62. The summed E-state index contributed by atoms with van der Waals surface area (Å²) >= 11 is 0. The lowest BCUT2D eigenvalue weighted by Crippen LogP contribution is -2.31. The highest BCUT2D eigenvalue weighted by molar-refractivity contribution is 5.77. The molecule has 1 fully saturated rings. The van der Waals surface area contributed by atoms with Gasteiger partial charge in [-0.25, -0.2) is 0 Å². The van der Waals surface area contributed by atoms with Crippen LogP contribution in [0.4, 0.5) is 5.69 Å². The van der Waals surface area contributed by atoms with Gasteiger partial charge in [0.05, 0.1) is 5.84 Å². The number of hydrogen-bond donors (Lipinski definition) is 2. The molecular formula is C15H23N3. The first kappa shape index (κ1) is 12.9. The summed E-state index contributed by atoms with van der Waals surface area (Å²) in [6.45, 7) is 1.97. The zero-order valence-corrected chi connectivity index (χ0v) is 10.9. The third-order valence-electron chi connectivity index (χ3n) is 3.73. The van der Waals surface area contributed by atoms with Crippen molar-refractivity contribution in [2.45, 2.75) is 32.1 Å². The van der Waals surface area contributed by atoms with Crippen LogP contribution in [0.25, 0.3) is 0 Å². The molecule has 0 bridgehead atoms. The highest BCUT2D eigenvalue weighted by Gasteiger charge is 2.18. The van der Waals surface area contributed by atoms with E-state index in [-0.39, 0.29) is 5.84 Å². The minimum Gasteiger partial charge on any atom is -0.388 e. The molecule has 0 radical (unpaired) electrons. The molecule has 1 aliphatic carbocycles. The van der Waals surface area contributed by atoms with E-state index in [1.165, 1.54) is 31.4 Å². The van der Waals surface area contributed by atoms with E-state index >= 15 is 0 Å². The fraction of sp³-hybridized carbons (Fsp3) is 0.533. The zero-order valence-electron chi connectivity index (χ0n) is 10.9. The smallest absolute Gasteiger partial charge is 0.0923 e. The molecule has 3 nitrogen and oxygen atoms in total. The van der Waals surface area contributed by atoms with Gasteiger partial charge in [-0.1, -0.05) is 31.0 Å². The van der Waals surface area contributed by atoms with Crippen molar-refractivity contribution in [1.29, 1.82) is 5.41 Å². The van der Waals surface area contributed by atoms with E-state index in [4.69, 9.17) is 11.1 Å². The van der Waals surface area contributed by atoms with Crippen molar-refractivity contribution < 1.29 is 0 Å². The molecule has 0 aromatic heterocycles. The number of hydrogen-bond acceptors (Lipinski definition) is 2. The number of para-hydroxylation sites is 1. The molecule has 0 aliphatic heterocycles. The fourth-order valence-corrected chi connectivity index (χ4v) is 2.72. The molecule has 1 aliphatic rings. The van der Waals surface area contributed by atoms with Crippen molar-refractivity contribution in [3.8, 4) is 0 Å². The summed E-state index contributed by atoms with van der Waals surface area (Å²) in [6, 6.07) is 10.5. The Balaban J connectivity index is 1.99. The molecule has 18 heavy (non-hydrogen) atoms. The minimum atomic E-state index is 0.280. The predicted octanol–water partition coefficient (Wildman–Crippen LogP) is 3.01. The van der Waals surface area contributed by atoms with E-state index in [2.05, 4.69) is 29.2 Å². The summed E-state index contributed by atoms with van der Waals surface area (Å²) < 4.78 is 0. The highest BCUT2D eigenvalue weighted by Crippen LogP contribution is 2.27. The molecule has 0 amide bonds. The first-order chi connectivity index (χ1) is 8.75. The number of amidine groups is 1. The Morgan fingerprint density at radius 1 is 1.22 bits per heavy atom. The predicted molar refractivity (Wildman–Crippen MR) is 77.1 cm³/mol. The lowest BCUT2D eigenvalue weighted by atomic mass is 10.1. The van der Waals surface area contributed by atoms with Crippen LogP contribution in [0, 0.1) is 11.3 Å². The molecule has 0 atom stereocenters. The Labute approximate surface area is 109 Å². The molecule has 3 N–H and O–H groups in total. The van der Waals surface area contributed by atoms with Gasteiger partial charge in [-0.3, -0.25) is 5.41 Å². The molecule has 98 valence electrons. The third kappa shape index (κ3) is 3.76. The Bertz CT molecular complexity index is 369. The van der Waals surface area contributed by atoms with Crippen LogP contribution in [-0.2, 0) is 0 Å². The van der Waals surface area contributed by atoms with Crippen molar-refractivity contribution in [2.24, 2.45) is 11.7 Å². The van der Waals surface area contributed by atoms with E-state index in [1.807, 2.05) is 6.07 Å². The second-order valence-corrected chi connectivity index (χ2v) is 5.21. The lowest BCUT2D eigenvalue weighted by molar-refractivity contribution is 0.533. The van der Waals surface area contributed by atoms with Gasteiger partial charge >= 0.3 is 0 Å². The summed E-state index contributed by atoms with van der Waals surface area (Å²) in [7, 11) is 0. The van der Waals surface area contributed by atoms with Crippen LogP contribution in [0.2, 0.25) is 0 Å². The fourth-order valence-electron chi connectivity index (χ4n) is 2.72. The summed E-state index contributed by atoms with van der Waals surface area (Å²) in [6.07, 6.45) is 6.11. The monoisotopic (exact) mass is 245 g/mol. The first-order valence-electron chi connectivity index (χ1n) is 6.88. The molecular weight excluding hydrogens is 222 g/mol. The maximum absolute atomic E-state index is 7.39. The topological polar surface area (TPSA) is 53.1 Å². The van der Waals surface area contributed by atoms with Crippen LogP contribution in [0.15, 0.2) is 30.3 Å². The number of benzene rings is 1. The summed E-state index contributed by atoms with van der Waals surface area (Å²) in [5.41, 5.74) is 6.74. The Morgan fingerprint density at radius 2 is 1.89 bits per heavy atom. The van der Waals surface area contributed by atoms with Crippen LogP contribution < -0.4 is 10.6 Å². The van der Waals surface area contributed by atoms with Crippen molar-refractivity contribution in [3.63, 3.8) is 0 Å². The van der Waals surface area contributed by atoms with E-state index in [0.717, 1.165) is 19.0 Å². The third-order valence-corrected chi connectivity index (χ3v) is 3.73. The van der Waals surface area contributed by atoms with Crippen LogP contribution in [0.5, 0.6) is 0 Å². The average molecular weight is 245 g/mol. The Morgan fingerprint density at radius 3 is 2.50 bits per heavy atom. The molecule has 3 heteroatoms. The van der Waals surface area contributed by atoms with Gasteiger partial charge in [0.2, 0.25) is 0 Å². The van der Waals surface area contributed by atoms with Crippen molar-refractivity contribution >= 4 is 11.5 Å². The normalized spacial score (nSPS) is 15.8. The highest BCUT2D eigenvalue weighted by atomic mass is 15.1. The number of rotatable bonds is 6. The Hall–Kier alpha value is -1.51. The summed E-state index contributed by atoms with van der Waals surface area (Å²) in [5.74, 6) is 1.10. The van der Waals surface area contributed by atoms with Gasteiger partial charge in [-0.15, -0.1) is 0 Å². The summed E-state index contributed by atoms with van der Waals surface area (Å²) in [4.78, 5) is 2.39. The molecule has 1 saturated carbocycles. The van der Waals surface area contributed by atoms with Crippen molar-refractivity contribution in [1.82, 2.24) is 0 Å². The lowest BCUT2D eigenvalue weighted by Gasteiger charge is -2.27. The average Bonchev–Trinajstić information content (AvgIpc) is 2.88. The molecule has 2 rings (SSSR count). The number of nitrogens with zero attached hydrogens (tertiary/aromatic N) is 1. The molecule has 0 spiro atoms. The first-order valence-corrected chi connectivity index (χ1v) is 6.88. The van der Waals surface area contributed by atoms with Gasteiger partial charge in [0.15, 0.2) is 0 Å². The van der Waals surface area contributed by atoms with Crippen LogP contribution in [0.3, 0.4) is 0 Å². The number of anilines is 1. The van der Waals surface area contributed by atoms with E-state index < -0.39 is 0 Å². The molecule has 0 unspecified atom stereocenters. The SMILES string of the molecule is N=C(N)CCN(CC1CCCC1)c1ccccc1. The molecule has 1 aromatic rings. The molecule has 1 aromatic carbocycles. The maximum Gasteiger partial charge on any atom is 0.0923 e. The number of nitrogens with one attached hydrogen (secondary N) is 1. The van der Waals surface area contributed by atoms with Gasteiger partial charge in [-0.05, 0) is 30.9 Å². The standard InChI is InChI=1S/C15H23N3/c16-15(17)10-11-18(12-13-6-4-5-7-13)14-8-2-1-3-9-14/h1-3,8-9,13H,4-7,10-12H2,(H3,16,17). The minimum absolute atomic E-state index is 0.280. The second-order valence-electron chi connectivity index (χ2n) is 5.21. The molecule has 0 heterocycles. The largest absolute Gasteiger partial charge is 0.388 e. The van der Waals surface area contributed by atoms with Crippen molar-refractivity contribution in [3.05, 3.63) is 30.3 Å². The maximum atomic E-state index is 7.39. The zero-order chi connectivity index (χ0) is 12.8. The van der Waals surface area contributed by atoms with E-state index in [0.29, 0.717) is 6.42 Å². The van der Waals surface area contributed by atoms with Gasteiger partial charge in [0.25, 0.3) is 0 Å². The van der Waals surface area contributed by atoms with Crippen LogP contribution in [-0.4, -0.2) is 18.9 Å². The molecule has 0 saturated heterocycles. The van der Waals surface area contributed by atoms with E-state index in [1.54, 1.807) is 0 Å². The summed E-state index contributed by atoms with van der Waals surface area (Å²) in [5, 5.41) is 7.39. The van der Waals surface area contributed by atoms with Gasteiger partial charge in [0.1, 0.15) is 0 Å². The van der Waals surface area contributed by atoms with Crippen molar-refractivity contribution in [2.75, 3.05) is 18.0 Å². The quantitative estimate of drug-likeness (QED) is 0.598. The number of nitrogens with two attached hydrogens (primary N) is 1. The van der Waals surface area contributed by atoms with Crippen LogP contribution in [0.1, 0.15) is 32.1 Å². The van der Waals surface area contributed by atoms with Gasteiger partial charge in [0, 0.05) is 25.2 Å². The second kappa shape index (κ2) is 6.43. The van der Waals surface area contributed by atoms with Gasteiger partial charge in [-0.2, -0.15) is 0 Å².